The normalized spacial score (nSPS) is 24.3. The van der Waals surface area contributed by atoms with Gasteiger partial charge in [-0.15, -0.1) is 0 Å². The van der Waals surface area contributed by atoms with Crippen molar-refractivity contribution in [1.82, 2.24) is 26.6 Å². The van der Waals surface area contributed by atoms with Gasteiger partial charge in [0.2, 0.25) is 35.4 Å². The van der Waals surface area contributed by atoms with Crippen molar-refractivity contribution in [3.8, 4) is 0 Å². The van der Waals surface area contributed by atoms with E-state index in [1.165, 1.54) is 0 Å². The number of benzene rings is 2. The average molecular weight is 741 g/mol. The van der Waals surface area contributed by atoms with E-state index in [0.29, 0.717) is 42.4 Å². The zero-order valence-corrected chi connectivity index (χ0v) is 30.6. The van der Waals surface area contributed by atoms with Crippen LogP contribution in [0.1, 0.15) is 98.5 Å². The van der Waals surface area contributed by atoms with Crippen LogP contribution in [0.15, 0.2) is 66.7 Å². The number of hydrogen-bond acceptors (Lipinski definition) is 7. The van der Waals surface area contributed by atoms with Gasteiger partial charge in [-0.1, -0.05) is 99.5 Å². The number of hydrogen-bond donors (Lipinski definition) is 6. The van der Waals surface area contributed by atoms with E-state index in [9.17, 15) is 33.6 Å². The number of nitrogens with two attached hydrogens (primary N) is 1. The smallest absolute Gasteiger partial charge is 0.244 e. The largest absolute Gasteiger partial charge is 0.368 e. The molecule has 0 bridgehead atoms. The van der Waals surface area contributed by atoms with Crippen molar-refractivity contribution in [2.45, 2.75) is 108 Å². The van der Waals surface area contributed by atoms with Gasteiger partial charge in [0, 0.05) is 36.2 Å². The van der Waals surface area contributed by atoms with Gasteiger partial charge in [0.1, 0.15) is 24.2 Å². The summed E-state index contributed by atoms with van der Waals surface area (Å²) in [7, 11) is 0. The van der Waals surface area contributed by atoms with Crippen molar-refractivity contribution in [2.75, 3.05) is 6.54 Å². The molecule has 7 N–H and O–H groups in total. The first-order valence-corrected chi connectivity index (χ1v) is 19.2. The van der Waals surface area contributed by atoms with Crippen molar-refractivity contribution in [1.29, 1.82) is 0 Å². The second-order valence-electron chi connectivity index (χ2n) is 14.8. The van der Waals surface area contributed by atoms with Crippen molar-refractivity contribution in [3.63, 3.8) is 0 Å². The minimum absolute atomic E-state index is 0.115. The highest BCUT2D eigenvalue weighted by molar-refractivity contribution is 6.09. The molecular weight excluding hydrogens is 688 g/mol. The number of rotatable bonds is 9. The van der Waals surface area contributed by atoms with Crippen LogP contribution < -0.4 is 32.3 Å². The molecule has 4 atom stereocenters. The molecule has 2 aromatic carbocycles. The highest BCUT2D eigenvalue weighted by Crippen LogP contribution is 2.34. The van der Waals surface area contributed by atoms with Gasteiger partial charge in [-0.2, -0.15) is 0 Å². The number of nitrogens with one attached hydrogen (secondary N) is 5. The van der Waals surface area contributed by atoms with Gasteiger partial charge in [0.15, 0.2) is 5.78 Å². The summed E-state index contributed by atoms with van der Waals surface area (Å²) in [6, 6.07) is 11.9. The second kappa shape index (κ2) is 19.7. The SMILES string of the molecule is NC(=O)[C@@H]1CCCCNC(=O)[C@@H](Cc2ccc(C(=O)c3ccccc3)cc2)NC(=O)[C@H](CC2CCCCC2)NC(=O)[C@H](CC2CC2)NC(=O)C=CC(=O)N1. The predicted molar refractivity (Wildman–Crippen MR) is 201 cm³/mol. The lowest BCUT2D eigenvalue weighted by atomic mass is 9.84. The summed E-state index contributed by atoms with van der Waals surface area (Å²) in [4.78, 5) is 92.3. The Labute approximate surface area is 316 Å². The van der Waals surface area contributed by atoms with Crippen LogP contribution in [0.5, 0.6) is 0 Å². The van der Waals surface area contributed by atoms with Gasteiger partial charge in [0.05, 0.1) is 0 Å². The summed E-state index contributed by atoms with van der Waals surface area (Å²) in [6.07, 6.45) is 10.8. The van der Waals surface area contributed by atoms with Gasteiger partial charge < -0.3 is 32.3 Å². The maximum atomic E-state index is 14.2. The van der Waals surface area contributed by atoms with E-state index in [1.807, 2.05) is 6.07 Å². The summed E-state index contributed by atoms with van der Waals surface area (Å²) in [5, 5.41) is 13.9. The Morgan fingerprint density at radius 1 is 0.574 bits per heavy atom. The maximum Gasteiger partial charge on any atom is 0.244 e. The maximum absolute atomic E-state index is 14.2. The van der Waals surface area contributed by atoms with Crippen LogP contribution in [0, 0.1) is 11.8 Å². The number of primary amides is 1. The molecule has 6 amide bonds. The molecular formula is C41H52N6O7. The fraction of sp³-hybridized carbons (Fsp3) is 0.488. The van der Waals surface area contributed by atoms with Crippen LogP contribution in [0.25, 0.3) is 0 Å². The van der Waals surface area contributed by atoms with Gasteiger partial charge in [-0.05, 0) is 49.5 Å². The standard InChI is InChI=1S/C41H52N6O7/c42-38(51)31-13-7-8-22-43-39(52)32(24-28-16-18-30(19-17-28)37(50)29-11-5-2-6-12-29)46-41(54)34(23-26-9-3-1-4-10-26)47-40(53)33(25-27-14-15-27)45-36(49)21-20-35(48)44-31/h2,5-6,11-12,16-21,26-27,31-34H,1,3-4,7-10,13-15,22-25H2,(H2,42,51)(H,43,52)(H,44,48)(H,45,49)(H,46,54)(H,47,53)/t31-,32+,33-,34-/m0/s1. The molecule has 3 aliphatic rings. The van der Waals surface area contributed by atoms with E-state index in [0.717, 1.165) is 57.1 Å². The third-order valence-corrected chi connectivity index (χ3v) is 10.4. The topological polar surface area (TPSA) is 206 Å². The fourth-order valence-electron chi connectivity index (χ4n) is 7.13. The summed E-state index contributed by atoms with van der Waals surface area (Å²) < 4.78 is 0. The predicted octanol–water partition coefficient (Wildman–Crippen LogP) is 2.51. The monoisotopic (exact) mass is 740 g/mol. The van der Waals surface area contributed by atoms with Gasteiger partial charge in [-0.25, -0.2) is 0 Å². The molecule has 2 saturated carbocycles. The first-order valence-electron chi connectivity index (χ1n) is 19.2. The molecule has 13 heteroatoms. The molecule has 0 aromatic heterocycles. The molecule has 2 aliphatic carbocycles. The number of carbonyl (C=O) groups is 7. The van der Waals surface area contributed by atoms with Crippen molar-refractivity contribution < 1.29 is 33.6 Å². The second-order valence-corrected chi connectivity index (χ2v) is 14.8. The zero-order chi connectivity index (χ0) is 38.5. The molecule has 1 heterocycles. The summed E-state index contributed by atoms with van der Waals surface area (Å²) in [5.41, 5.74) is 7.27. The molecule has 2 fully saturated rings. The molecule has 13 nitrogen and oxygen atoms in total. The van der Waals surface area contributed by atoms with E-state index in [-0.39, 0.29) is 37.0 Å². The molecule has 2 aromatic rings. The van der Waals surface area contributed by atoms with E-state index in [1.54, 1.807) is 48.5 Å². The van der Waals surface area contributed by atoms with Crippen LogP contribution in [0.2, 0.25) is 0 Å². The first kappa shape index (κ1) is 39.9. The molecule has 288 valence electrons. The zero-order valence-electron chi connectivity index (χ0n) is 30.6. The van der Waals surface area contributed by atoms with Crippen LogP contribution >= 0.6 is 0 Å². The molecule has 0 unspecified atom stereocenters. The lowest BCUT2D eigenvalue weighted by Gasteiger charge is -2.29. The number of carbonyl (C=O) groups excluding carboxylic acids is 7. The van der Waals surface area contributed by atoms with Crippen molar-refractivity contribution in [2.24, 2.45) is 17.6 Å². The van der Waals surface area contributed by atoms with E-state index < -0.39 is 59.6 Å². The Morgan fingerprint density at radius 2 is 1.13 bits per heavy atom. The molecule has 0 saturated heterocycles. The Kier molecular flexibility index (Phi) is 14.5. The Hall–Kier alpha value is -5.33. The quantitative estimate of drug-likeness (QED) is 0.212. The van der Waals surface area contributed by atoms with Crippen molar-refractivity contribution >= 4 is 41.2 Å². The summed E-state index contributed by atoms with van der Waals surface area (Å²) >= 11 is 0. The third-order valence-electron chi connectivity index (χ3n) is 10.4. The van der Waals surface area contributed by atoms with Gasteiger partial charge in [0.25, 0.3) is 0 Å². The Balaban J connectivity index is 1.39. The number of amides is 6. The number of ketones is 1. The molecule has 54 heavy (non-hydrogen) atoms. The minimum atomic E-state index is -1.02. The van der Waals surface area contributed by atoms with Gasteiger partial charge in [-0.3, -0.25) is 33.6 Å². The average Bonchev–Trinajstić information content (AvgIpc) is 4.00. The highest BCUT2D eigenvalue weighted by Gasteiger charge is 2.34. The highest BCUT2D eigenvalue weighted by atomic mass is 16.2. The van der Waals surface area contributed by atoms with Gasteiger partial charge >= 0.3 is 0 Å². The minimum Gasteiger partial charge on any atom is -0.368 e. The van der Waals surface area contributed by atoms with Crippen LogP contribution in [-0.2, 0) is 35.2 Å². The Morgan fingerprint density at radius 3 is 1.76 bits per heavy atom. The third kappa shape index (κ3) is 12.4. The van der Waals surface area contributed by atoms with Crippen LogP contribution in [-0.4, -0.2) is 71.9 Å². The van der Waals surface area contributed by atoms with Crippen LogP contribution in [0.3, 0.4) is 0 Å². The fourth-order valence-corrected chi connectivity index (χ4v) is 7.13. The van der Waals surface area contributed by atoms with Crippen LogP contribution in [0.4, 0.5) is 0 Å². The lowest BCUT2D eigenvalue weighted by Crippen LogP contribution is -2.57. The van der Waals surface area contributed by atoms with Crippen molar-refractivity contribution in [3.05, 3.63) is 83.4 Å². The van der Waals surface area contributed by atoms with E-state index in [2.05, 4.69) is 26.6 Å². The van der Waals surface area contributed by atoms with E-state index in [4.69, 9.17) is 5.73 Å². The summed E-state index contributed by atoms with van der Waals surface area (Å²) in [6.45, 7) is 0.223. The first-order chi connectivity index (χ1) is 26.0. The molecule has 5 rings (SSSR count). The summed E-state index contributed by atoms with van der Waals surface area (Å²) in [5.74, 6) is -3.26. The lowest BCUT2D eigenvalue weighted by molar-refractivity contribution is -0.133. The molecule has 0 radical (unpaired) electrons. The van der Waals surface area contributed by atoms with E-state index >= 15 is 0 Å². The molecule has 0 spiro atoms. The molecule has 1 aliphatic heterocycles. The Bertz CT molecular complexity index is 1680.